The minimum Gasteiger partial charge on any atom is -0.260 e. The smallest absolute Gasteiger partial charge is 0.242 e. The van der Waals surface area contributed by atoms with Gasteiger partial charge in [0.1, 0.15) is 4.90 Å². The number of nitrogens with zero attached hydrogens (tertiary/aromatic N) is 1. The van der Waals surface area contributed by atoms with Crippen LogP contribution in [0, 0.1) is 0 Å². The largest absolute Gasteiger partial charge is 0.260 e. The van der Waals surface area contributed by atoms with Gasteiger partial charge in [0.15, 0.2) is 0 Å². The molecule has 0 aliphatic rings. The van der Waals surface area contributed by atoms with Crippen LogP contribution in [0.4, 0.5) is 0 Å². The third-order valence-corrected chi connectivity index (χ3v) is 5.36. The first-order chi connectivity index (χ1) is 9.94. The van der Waals surface area contributed by atoms with Crippen LogP contribution >= 0.6 is 27.5 Å². The number of aryl methyl sites for hydroxylation is 1. The maximum atomic E-state index is 12.3. The normalized spacial score (nSPS) is 11.6. The summed E-state index contributed by atoms with van der Waals surface area (Å²) in [6.07, 6.45) is 2.44. The second kappa shape index (κ2) is 6.87. The van der Waals surface area contributed by atoms with Crippen molar-refractivity contribution in [3.63, 3.8) is 0 Å². The van der Waals surface area contributed by atoms with Crippen LogP contribution in [-0.4, -0.2) is 13.4 Å². The molecule has 21 heavy (non-hydrogen) atoms. The lowest BCUT2D eigenvalue weighted by Gasteiger charge is -2.10. The Labute approximate surface area is 137 Å². The van der Waals surface area contributed by atoms with Crippen LogP contribution in [-0.2, 0) is 23.0 Å². The molecule has 0 saturated carbocycles. The molecular formula is C14H14BrClN2O2S. The number of hydrogen-bond donors (Lipinski definition) is 1. The lowest BCUT2D eigenvalue weighted by molar-refractivity contribution is 0.580. The molecule has 0 aliphatic carbocycles. The summed E-state index contributed by atoms with van der Waals surface area (Å²) in [6, 6.07) is 8.42. The first-order valence-electron chi connectivity index (χ1n) is 6.31. The third kappa shape index (κ3) is 4.03. The molecule has 0 aliphatic heterocycles. The molecule has 4 nitrogen and oxygen atoms in total. The zero-order chi connectivity index (χ0) is 15.5. The Hall–Kier alpha value is -0.950. The van der Waals surface area contributed by atoms with Gasteiger partial charge >= 0.3 is 0 Å². The van der Waals surface area contributed by atoms with Crippen molar-refractivity contribution in [2.24, 2.45) is 0 Å². The molecule has 0 amide bonds. The van der Waals surface area contributed by atoms with E-state index in [2.05, 4.69) is 25.6 Å². The van der Waals surface area contributed by atoms with Gasteiger partial charge in [-0.05, 0) is 36.2 Å². The van der Waals surface area contributed by atoms with Crippen LogP contribution in [0.25, 0.3) is 0 Å². The Bertz CT molecular complexity index is 750. The van der Waals surface area contributed by atoms with Gasteiger partial charge in [-0.3, -0.25) is 4.98 Å². The summed E-state index contributed by atoms with van der Waals surface area (Å²) >= 11 is 9.24. The van der Waals surface area contributed by atoms with Gasteiger partial charge in [0, 0.05) is 10.7 Å². The van der Waals surface area contributed by atoms with Crippen molar-refractivity contribution in [2.75, 3.05) is 0 Å². The van der Waals surface area contributed by atoms with Gasteiger partial charge in [-0.15, -0.1) is 0 Å². The number of hydrogen-bond acceptors (Lipinski definition) is 3. The third-order valence-electron chi connectivity index (χ3n) is 2.98. The monoisotopic (exact) mass is 388 g/mol. The molecule has 1 N–H and O–H groups in total. The Morgan fingerprint density at radius 2 is 2.10 bits per heavy atom. The van der Waals surface area contributed by atoms with E-state index in [9.17, 15) is 8.42 Å². The summed E-state index contributed by atoms with van der Waals surface area (Å²) in [5.41, 5.74) is 1.74. The Morgan fingerprint density at radius 3 is 2.76 bits per heavy atom. The molecule has 0 bridgehead atoms. The van der Waals surface area contributed by atoms with Gasteiger partial charge in [-0.25, -0.2) is 13.1 Å². The van der Waals surface area contributed by atoms with E-state index >= 15 is 0 Å². The summed E-state index contributed by atoms with van der Waals surface area (Å²) in [7, 11) is -3.67. The molecule has 0 unspecified atom stereocenters. The maximum Gasteiger partial charge on any atom is 0.242 e. The highest BCUT2D eigenvalue weighted by atomic mass is 79.9. The molecule has 0 radical (unpaired) electrons. The minimum absolute atomic E-state index is 0.0568. The van der Waals surface area contributed by atoms with Crippen LogP contribution < -0.4 is 4.72 Å². The minimum atomic E-state index is -3.67. The van der Waals surface area contributed by atoms with Crippen LogP contribution in [0.5, 0.6) is 0 Å². The van der Waals surface area contributed by atoms with Crippen LogP contribution in [0.2, 0.25) is 5.02 Å². The zero-order valence-electron chi connectivity index (χ0n) is 11.3. The molecule has 1 heterocycles. The predicted octanol–water partition coefficient (Wildman–Crippen LogP) is 3.54. The van der Waals surface area contributed by atoms with Crippen molar-refractivity contribution in [1.82, 2.24) is 9.71 Å². The first-order valence-corrected chi connectivity index (χ1v) is 8.97. The lowest BCUT2D eigenvalue weighted by atomic mass is 10.1. The standard InChI is InChI=1S/C14H14BrClN2O2S/c1-2-10-4-3-7-17-13(10)9-18-21(19,20)14-6-5-11(15)8-12(14)16/h3-8,18H,2,9H2,1H3. The average Bonchev–Trinajstić information content (AvgIpc) is 2.45. The number of pyridine rings is 1. The van der Waals surface area contributed by atoms with Gasteiger partial charge in [0.2, 0.25) is 10.0 Å². The van der Waals surface area contributed by atoms with Gasteiger partial charge in [0.05, 0.1) is 17.3 Å². The van der Waals surface area contributed by atoms with E-state index < -0.39 is 10.0 Å². The molecule has 1 aromatic carbocycles. The molecule has 0 atom stereocenters. The summed E-state index contributed by atoms with van der Waals surface area (Å²) in [5.74, 6) is 0. The van der Waals surface area contributed by atoms with E-state index in [-0.39, 0.29) is 16.5 Å². The van der Waals surface area contributed by atoms with Crippen molar-refractivity contribution in [3.8, 4) is 0 Å². The van der Waals surface area contributed by atoms with Gasteiger partial charge in [-0.1, -0.05) is 40.5 Å². The SMILES string of the molecule is CCc1cccnc1CNS(=O)(=O)c1ccc(Br)cc1Cl. The predicted molar refractivity (Wildman–Crippen MR) is 86.8 cm³/mol. The number of nitrogens with one attached hydrogen (secondary N) is 1. The van der Waals surface area contributed by atoms with E-state index in [0.29, 0.717) is 0 Å². The van der Waals surface area contributed by atoms with Crippen molar-refractivity contribution in [3.05, 3.63) is 57.3 Å². The number of rotatable bonds is 5. The molecule has 2 rings (SSSR count). The molecule has 1 aromatic heterocycles. The van der Waals surface area contributed by atoms with Crippen molar-refractivity contribution >= 4 is 37.6 Å². The van der Waals surface area contributed by atoms with Gasteiger partial charge < -0.3 is 0 Å². The zero-order valence-corrected chi connectivity index (χ0v) is 14.5. The highest BCUT2D eigenvalue weighted by Gasteiger charge is 2.18. The quantitative estimate of drug-likeness (QED) is 0.851. The van der Waals surface area contributed by atoms with E-state index in [1.165, 1.54) is 6.07 Å². The number of benzene rings is 1. The molecule has 112 valence electrons. The van der Waals surface area contributed by atoms with E-state index in [4.69, 9.17) is 11.6 Å². The highest BCUT2D eigenvalue weighted by molar-refractivity contribution is 9.10. The topological polar surface area (TPSA) is 59.1 Å². The second-order valence-electron chi connectivity index (χ2n) is 4.36. The van der Waals surface area contributed by atoms with Gasteiger partial charge in [0.25, 0.3) is 0 Å². The number of sulfonamides is 1. The first kappa shape index (κ1) is 16.4. The van der Waals surface area contributed by atoms with Crippen molar-refractivity contribution < 1.29 is 8.42 Å². The van der Waals surface area contributed by atoms with Crippen molar-refractivity contribution in [2.45, 2.75) is 24.8 Å². The Kier molecular flexibility index (Phi) is 5.37. The van der Waals surface area contributed by atoms with Crippen molar-refractivity contribution in [1.29, 1.82) is 0 Å². The van der Waals surface area contributed by atoms with Gasteiger partial charge in [-0.2, -0.15) is 0 Å². The number of halogens is 2. The molecule has 0 fully saturated rings. The second-order valence-corrected chi connectivity index (χ2v) is 7.42. The Morgan fingerprint density at radius 1 is 1.33 bits per heavy atom. The van der Waals surface area contributed by atoms with E-state index in [1.807, 2.05) is 19.1 Å². The molecule has 0 spiro atoms. The highest BCUT2D eigenvalue weighted by Crippen LogP contribution is 2.25. The number of aromatic nitrogens is 1. The molecular weight excluding hydrogens is 376 g/mol. The molecule has 7 heteroatoms. The fourth-order valence-electron chi connectivity index (χ4n) is 1.89. The average molecular weight is 390 g/mol. The molecule has 2 aromatic rings. The maximum absolute atomic E-state index is 12.3. The fraction of sp³-hybridized carbons (Fsp3) is 0.214. The van der Waals surface area contributed by atoms with Crippen LogP contribution in [0.3, 0.4) is 0 Å². The van der Waals surface area contributed by atoms with E-state index in [1.54, 1.807) is 18.3 Å². The lowest BCUT2D eigenvalue weighted by Crippen LogP contribution is -2.24. The van der Waals surface area contributed by atoms with Crippen LogP contribution in [0.1, 0.15) is 18.2 Å². The van der Waals surface area contributed by atoms with Crippen LogP contribution in [0.15, 0.2) is 45.9 Å². The summed E-state index contributed by atoms with van der Waals surface area (Å²) in [5, 5.41) is 0.175. The fourth-order valence-corrected chi connectivity index (χ4v) is 3.91. The summed E-state index contributed by atoms with van der Waals surface area (Å²) in [6.45, 7) is 2.14. The van der Waals surface area contributed by atoms with E-state index in [0.717, 1.165) is 22.2 Å². The Balaban J connectivity index is 2.22. The summed E-state index contributed by atoms with van der Waals surface area (Å²) in [4.78, 5) is 4.27. The summed E-state index contributed by atoms with van der Waals surface area (Å²) < 4.78 is 27.9. The molecule has 0 saturated heterocycles.